The summed E-state index contributed by atoms with van der Waals surface area (Å²) in [4.78, 5) is 17.8. The van der Waals surface area contributed by atoms with Gasteiger partial charge in [-0.2, -0.15) is 0 Å². The number of allylic oxidation sites excluding steroid dienone is 2. The number of rotatable bonds is 6. The third kappa shape index (κ3) is 4.82. The first-order valence-electron chi connectivity index (χ1n) is 9.31. The van der Waals surface area contributed by atoms with Gasteiger partial charge < -0.3 is 9.94 Å². The molecule has 0 aromatic carbocycles. The van der Waals surface area contributed by atoms with E-state index in [2.05, 4.69) is 5.16 Å². The van der Waals surface area contributed by atoms with Crippen molar-refractivity contribution in [2.24, 2.45) is 17.0 Å². The van der Waals surface area contributed by atoms with Crippen LogP contribution in [0.25, 0.3) is 0 Å². The second kappa shape index (κ2) is 9.09. The van der Waals surface area contributed by atoms with E-state index in [1.54, 1.807) is 0 Å². The average molecular weight is 321 g/mol. The minimum absolute atomic E-state index is 0.0508. The summed E-state index contributed by atoms with van der Waals surface area (Å²) in [6.07, 6.45) is 10.3. The van der Waals surface area contributed by atoms with Gasteiger partial charge in [0.1, 0.15) is 12.4 Å². The molecule has 1 atom stereocenters. The number of nitrogens with zero attached hydrogens (tertiary/aromatic N) is 1. The highest BCUT2D eigenvalue weighted by atomic mass is 16.6. The molecule has 130 valence electrons. The molecule has 0 amide bonds. The fourth-order valence-electron chi connectivity index (χ4n) is 3.96. The molecular formula is C19H31NO3. The molecule has 1 N–H and O–H groups in total. The van der Waals surface area contributed by atoms with Crippen LogP contribution in [-0.2, 0) is 9.63 Å². The van der Waals surface area contributed by atoms with E-state index in [0.29, 0.717) is 49.0 Å². The molecule has 2 rings (SSSR count). The third-order valence-corrected chi connectivity index (χ3v) is 5.12. The molecule has 0 bridgehead atoms. The second-order valence-corrected chi connectivity index (χ2v) is 6.87. The Balaban J connectivity index is 2.15. The molecule has 1 unspecified atom stereocenters. The van der Waals surface area contributed by atoms with E-state index in [1.807, 2.05) is 13.8 Å². The number of aliphatic hydroxyl groups excluding tert-OH is 1. The van der Waals surface area contributed by atoms with Gasteiger partial charge in [-0.1, -0.05) is 57.0 Å². The molecule has 0 aliphatic heterocycles. The van der Waals surface area contributed by atoms with E-state index in [-0.39, 0.29) is 11.5 Å². The molecule has 0 aromatic heterocycles. The van der Waals surface area contributed by atoms with Crippen molar-refractivity contribution < 1.29 is 14.7 Å². The molecule has 0 radical (unpaired) electrons. The molecule has 2 aliphatic rings. The van der Waals surface area contributed by atoms with Crippen LogP contribution in [0, 0.1) is 11.8 Å². The lowest BCUT2D eigenvalue weighted by Gasteiger charge is -2.30. The zero-order chi connectivity index (χ0) is 16.7. The summed E-state index contributed by atoms with van der Waals surface area (Å²) in [5, 5.41) is 14.6. The maximum absolute atomic E-state index is 12.7. The van der Waals surface area contributed by atoms with Gasteiger partial charge in [-0.05, 0) is 25.2 Å². The van der Waals surface area contributed by atoms with Crippen molar-refractivity contribution in [3.8, 4) is 0 Å². The van der Waals surface area contributed by atoms with Gasteiger partial charge in [0, 0.05) is 12.8 Å². The van der Waals surface area contributed by atoms with E-state index in [1.165, 1.54) is 38.5 Å². The number of ketones is 1. The minimum atomic E-state index is 0.0508. The van der Waals surface area contributed by atoms with E-state index >= 15 is 0 Å². The smallest absolute Gasteiger partial charge is 0.168 e. The van der Waals surface area contributed by atoms with Gasteiger partial charge in [0.2, 0.25) is 0 Å². The zero-order valence-electron chi connectivity index (χ0n) is 14.6. The summed E-state index contributed by atoms with van der Waals surface area (Å²) in [5.41, 5.74) is 1.06. The molecule has 0 spiro atoms. The number of hydrogen-bond acceptors (Lipinski definition) is 4. The van der Waals surface area contributed by atoms with Crippen LogP contribution in [0.1, 0.15) is 78.1 Å². The van der Waals surface area contributed by atoms with Crippen LogP contribution in [0.5, 0.6) is 0 Å². The molecule has 1 fully saturated rings. The highest BCUT2D eigenvalue weighted by molar-refractivity contribution is 6.23. The lowest BCUT2D eigenvalue weighted by molar-refractivity contribution is -0.117. The van der Waals surface area contributed by atoms with Crippen LogP contribution in [0.2, 0.25) is 0 Å². The van der Waals surface area contributed by atoms with Gasteiger partial charge in [-0.3, -0.25) is 4.79 Å². The predicted molar refractivity (Wildman–Crippen MR) is 92.5 cm³/mol. The highest BCUT2D eigenvalue weighted by Gasteiger charge is 2.34. The van der Waals surface area contributed by atoms with Crippen LogP contribution in [0.4, 0.5) is 0 Å². The van der Waals surface area contributed by atoms with Gasteiger partial charge in [0.15, 0.2) is 5.78 Å². The first-order valence-corrected chi connectivity index (χ1v) is 9.31. The number of oxime groups is 1. The van der Waals surface area contributed by atoms with Gasteiger partial charge in [0.05, 0.1) is 11.3 Å². The first kappa shape index (κ1) is 18.0. The van der Waals surface area contributed by atoms with Crippen molar-refractivity contribution in [3.63, 3.8) is 0 Å². The summed E-state index contributed by atoms with van der Waals surface area (Å²) in [6, 6.07) is 0. The monoisotopic (exact) mass is 321 g/mol. The molecular weight excluding hydrogens is 290 g/mol. The molecule has 4 nitrogen and oxygen atoms in total. The maximum atomic E-state index is 12.7. The van der Waals surface area contributed by atoms with Crippen molar-refractivity contribution in [3.05, 3.63) is 11.3 Å². The van der Waals surface area contributed by atoms with Gasteiger partial charge in [-0.15, -0.1) is 0 Å². The summed E-state index contributed by atoms with van der Waals surface area (Å²) >= 11 is 0. The summed E-state index contributed by atoms with van der Waals surface area (Å²) in [5.74, 6) is 1.18. The Morgan fingerprint density at radius 2 is 1.83 bits per heavy atom. The number of aliphatic hydroxyl groups is 1. The lowest BCUT2D eigenvalue weighted by Crippen LogP contribution is -2.28. The lowest BCUT2D eigenvalue weighted by atomic mass is 9.75. The van der Waals surface area contributed by atoms with Crippen LogP contribution in [0.3, 0.4) is 0 Å². The normalized spacial score (nSPS) is 24.7. The van der Waals surface area contributed by atoms with E-state index in [9.17, 15) is 9.90 Å². The molecule has 2 aliphatic carbocycles. The van der Waals surface area contributed by atoms with Crippen LogP contribution in [0.15, 0.2) is 16.5 Å². The Hall–Kier alpha value is -1.32. The van der Waals surface area contributed by atoms with Crippen molar-refractivity contribution in [2.45, 2.75) is 78.1 Å². The molecule has 4 heteroatoms. The quantitative estimate of drug-likeness (QED) is 0.428. The SMILES string of the molecule is CCCC(=NOCC)C1=C(O)CC(C2CCCCCC2)CC1=O. The Morgan fingerprint density at radius 1 is 1.13 bits per heavy atom. The van der Waals surface area contributed by atoms with Crippen molar-refractivity contribution in [2.75, 3.05) is 6.61 Å². The zero-order valence-corrected chi connectivity index (χ0v) is 14.6. The van der Waals surface area contributed by atoms with Crippen molar-refractivity contribution in [1.82, 2.24) is 0 Å². The number of hydrogen-bond donors (Lipinski definition) is 1. The van der Waals surface area contributed by atoms with Crippen LogP contribution >= 0.6 is 0 Å². The summed E-state index contributed by atoms with van der Waals surface area (Å²) in [7, 11) is 0. The standard InChI is InChI=1S/C19H31NO3/c1-3-9-16(20-23-4-2)19-17(21)12-15(13-18(19)22)14-10-7-5-6-8-11-14/h14-15,21H,3-13H2,1-2H3. The minimum Gasteiger partial charge on any atom is -0.511 e. The van der Waals surface area contributed by atoms with Crippen molar-refractivity contribution in [1.29, 1.82) is 0 Å². The number of carbonyl (C=O) groups is 1. The topological polar surface area (TPSA) is 58.9 Å². The van der Waals surface area contributed by atoms with Crippen molar-refractivity contribution >= 4 is 11.5 Å². The molecule has 23 heavy (non-hydrogen) atoms. The molecule has 1 saturated carbocycles. The molecule has 0 heterocycles. The van der Waals surface area contributed by atoms with Crippen LogP contribution in [-0.4, -0.2) is 23.2 Å². The Kier molecular flexibility index (Phi) is 7.13. The molecule has 0 saturated heterocycles. The Morgan fingerprint density at radius 3 is 2.39 bits per heavy atom. The Labute approximate surface area is 140 Å². The predicted octanol–water partition coefficient (Wildman–Crippen LogP) is 4.94. The number of Topliss-reactive ketones (excluding diaryl/α,β-unsaturated/α-hetero) is 1. The highest BCUT2D eigenvalue weighted by Crippen LogP contribution is 2.38. The maximum Gasteiger partial charge on any atom is 0.168 e. The fraction of sp³-hybridized carbons (Fsp3) is 0.789. The van der Waals surface area contributed by atoms with Gasteiger partial charge in [-0.25, -0.2) is 0 Å². The first-order chi connectivity index (χ1) is 11.2. The Bertz CT molecular complexity index is 459. The second-order valence-electron chi connectivity index (χ2n) is 6.87. The van der Waals surface area contributed by atoms with Gasteiger partial charge in [0.25, 0.3) is 0 Å². The van der Waals surface area contributed by atoms with E-state index < -0.39 is 0 Å². The summed E-state index contributed by atoms with van der Waals surface area (Å²) in [6.45, 7) is 4.38. The van der Waals surface area contributed by atoms with E-state index in [4.69, 9.17) is 4.84 Å². The fourth-order valence-corrected chi connectivity index (χ4v) is 3.96. The average Bonchev–Trinajstić information content (AvgIpc) is 2.81. The van der Waals surface area contributed by atoms with Crippen LogP contribution < -0.4 is 0 Å². The summed E-state index contributed by atoms with van der Waals surface area (Å²) < 4.78 is 0. The van der Waals surface area contributed by atoms with E-state index in [0.717, 1.165) is 6.42 Å². The third-order valence-electron chi connectivity index (χ3n) is 5.12. The molecule has 0 aromatic rings. The largest absolute Gasteiger partial charge is 0.511 e. The van der Waals surface area contributed by atoms with Gasteiger partial charge >= 0.3 is 0 Å². The number of carbonyl (C=O) groups excluding carboxylic acids is 1.